The monoisotopic (exact) mass is 265 g/mol. The summed E-state index contributed by atoms with van der Waals surface area (Å²) in [7, 11) is 0. The molecule has 0 saturated heterocycles. The Bertz CT molecular complexity index is 580. The average Bonchev–Trinajstić information content (AvgIpc) is 2.75. The fraction of sp³-hybridized carbons (Fsp3) is 0.167. The molecule has 1 aromatic carbocycles. The molecule has 1 amide bonds. The minimum absolute atomic E-state index is 0.0965. The van der Waals surface area contributed by atoms with Gasteiger partial charge >= 0.3 is 0 Å². The van der Waals surface area contributed by atoms with E-state index in [1.807, 2.05) is 6.92 Å². The zero-order chi connectivity index (χ0) is 13.1. The number of nitrogens with zero attached hydrogens (tertiary/aromatic N) is 1. The Kier molecular flexibility index (Phi) is 3.53. The van der Waals surface area contributed by atoms with E-state index in [1.54, 1.807) is 6.20 Å². The van der Waals surface area contributed by atoms with E-state index in [2.05, 4.69) is 15.5 Å². The Morgan fingerprint density at radius 3 is 3.00 bits per heavy atom. The third kappa shape index (κ3) is 2.62. The van der Waals surface area contributed by atoms with Crippen LogP contribution in [0.2, 0.25) is 5.02 Å². The van der Waals surface area contributed by atoms with Gasteiger partial charge in [-0.05, 0) is 25.1 Å². The summed E-state index contributed by atoms with van der Waals surface area (Å²) in [5, 5.41) is 19.3. The maximum absolute atomic E-state index is 11.9. The van der Waals surface area contributed by atoms with Crippen molar-refractivity contribution < 1.29 is 9.90 Å². The van der Waals surface area contributed by atoms with Crippen molar-refractivity contribution in [2.24, 2.45) is 0 Å². The number of carbonyl (C=O) groups excluding carboxylic acids is 1. The molecule has 0 spiro atoms. The van der Waals surface area contributed by atoms with Crippen LogP contribution in [0, 0.1) is 6.92 Å². The van der Waals surface area contributed by atoms with Crippen LogP contribution in [-0.4, -0.2) is 21.2 Å². The number of aryl methyl sites for hydroxylation is 1. The van der Waals surface area contributed by atoms with Crippen molar-refractivity contribution in [1.29, 1.82) is 0 Å². The van der Waals surface area contributed by atoms with Crippen LogP contribution in [0.15, 0.2) is 24.4 Å². The number of phenols is 1. The van der Waals surface area contributed by atoms with E-state index in [1.165, 1.54) is 18.2 Å². The van der Waals surface area contributed by atoms with Crippen LogP contribution in [0.5, 0.6) is 5.75 Å². The lowest BCUT2D eigenvalue weighted by molar-refractivity contribution is 0.0948. The Labute approximate surface area is 109 Å². The molecule has 5 nitrogen and oxygen atoms in total. The van der Waals surface area contributed by atoms with E-state index in [-0.39, 0.29) is 17.2 Å². The normalized spacial score (nSPS) is 10.3. The summed E-state index contributed by atoms with van der Waals surface area (Å²) in [4.78, 5) is 11.9. The number of phenolic OH excluding ortho intramolecular Hbond substituents is 1. The molecule has 18 heavy (non-hydrogen) atoms. The highest BCUT2D eigenvalue weighted by molar-refractivity contribution is 6.31. The number of aromatic nitrogens is 2. The van der Waals surface area contributed by atoms with Gasteiger partial charge < -0.3 is 10.4 Å². The third-order valence-corrected chi connectivity index (χ3v) is 2.81. The number of aromatic hydroxyl groups is 1. The van der Waals surface area contributed by atoms with Gasteiger partial charge in [-0.3, -0.25) is 9.89 Å². The summed E-state index contributed by atoms with van der Waals surface area (Å²) in [5.74, 6) is -0.476. The molecule has 0 fully saturated rings. The van der Waals surface area contributed by atoms with E-state index in [0.29, 0.717) is 11.6 Å². The van der Waals surface area contributed by atoms with E-state index < -0.39 is 0 Å². The Morgan fingerprint density at radius 2 is 2.33 bits per heavy atom. The molecule has 3 N–H and O–H groups in total. The second-order valence-electron chi connectivity index (χ2n) is 3.86. The van der Waals surface area contributed by atoms with Crippen molar-refractivity contribution in [3.05, 3.63) is 46.2 Å². The van der Waals surface area contributed by atoms with Gasteiger partial charge in [0.25, 0.3) is 5.91 Å². The van der Waals surface area contributed by atoms with Crippen LogP contribution < -0.4 is 5.32 Å². The summed E-state index contributed by atoms with van der Waals surface area (Å²) < 4.78 is 0. The molecule has 1 heterocycles. The summed E-state index contributed by atoms with van der Waals surface area (Å²) >= 11 is 5.78. The Hall–Kier alpha value is -2.01. The molecule has 0 aliphatic rings. The minimum Gasteiger partial charge on any atom is -0.507 e. The van der Waals surface area contributed by atoms with Gasteiger partial charge in [-0.25, -0.2) is 0 Å². The SMILES string of the molecule is Cc1[nH]ncc1CNC(=O)c1cc(Cl)ccc1O. The fourth-order valence-corrected chi connectivity index (χ4v) is 1.69. The summed E-state index contributed by atoms with van der Waals surface area (Å²) in [6.07, 6.45) is 1.65. The average molecular weight is 266 g/mol. The van der Waals surface area contributed by atoms with Gasteiger partial charge in [-0.15, -0.1) is 0 Å². The number of amides is 1. The van der Waals surface area contributed by atoms with Crippen molar-refractivity contribution in [1.82, 2.24) is 15.5 Å². The molecular weight excluding hydrogens is 254 g/mol. The Morgan fingerprint density at radius 1 is 1.56 bits per heavy atom. The van der Waals surface area contributed by atoms with Gasteiger partial charge in [0.1, 0.15) is 5.75 Å². The molecule has 1 aromatic heterocycles. The number of aromatic amines is 1. The van der Waals surface area contributed by atoms with Crippen molar-refractivity contribution in [2.45, 2.75) is 13.5 Å². The molecule has 0 atom stereocenters. The van der Waals surface area contributed by atoms with Crippen LogP contribution in [0.4, 0.5) is 0 Å². The van der Waals surface area contributed by atoms with Crippen molar-refractivity contribution in [3.8, 4) is 5.75 Å². The molecular formula is C12H12ClN3O2. The zero-order valence-electron chi connectivity index (χ0n) is 9.70. The first-order valence-corrected chi connectivity index (χ1v) is 5.71. The van der Waals surface area contributed by atoms with Crippen molar-refractivity contribution >= 4 is 17.5 Å². The molecule has 94 valence electrons. The lowest BCUT2D eigenvalue weighted by atomic mass is 10.2. The molecule has 0 bridgehead atoms. The van der Waals surface area contributed by atoms with Crippen molar-refractivity contribution in [3.63, 3.8) is 0 Å². The number of H-pyrrole nitrogens is 1. The van der Waals surface area contributed by atoms with Crippen LogP contribution in [0.3, 0.4) is 0 Å². The van der Waals surface area contributed by atoms with Crippen LogP contribution in [-0.2, 0) is 6.54 Å². The smallest absolute Gasteiger partial charge is 0.255 e. The number of nitrogens with one attached hydrogen (secondary N) is 2. The first-order valence-electron chi connectivity index (χ1n) is 5.33. The number of carbonyl (C=O) groups is 1. The van der Waals surface area contributed by atoms with Gasteiger partial charge in [0.15, 0.2) is 0 Å². The van der Waals surface area contributed by atoms with E-state index in [4.69, 9.17) is 11.6 Å². The molecule has 0 aliphatic carbocycles. The summed E-state index contributed by atoms with van der Waals surface area (Å²) in [6, 6.07) is 4.34. The summed E-state index contributed by atoms with van der Waals surface area (Å²) in [6.45, 7) is 2.21. The molecule has 0 unspecified atom stereocenters. The van der Waals surface area contributed by atoms with Gasteiger partial charge in [-0.2, -0.15) is 5.10 Å². The highest BCUT2D eigenvalue weighted by Crippen LogP contribution is 2.21. The van der Waals surface area contributed by atoms with E-state index in [9.17, 15) is 9.90 Å². The third-order valence-electron chi connectivity index (χ3n) is 2.58. The predicted octanol–water partition coefficient (Wildman–Crippen LogP) is 2.01. The summed E-state index contributed by atoms with van der Waals surface area (Å²) in [5.41, 5.74) is 1.94. The van der Waals surface area contributed by atoms with Crippen LogP contribution >= 0.6 is 11.6 Å². The molecule has 0 saturated carbocycles. The van der Waals surface area contributed by atoms with Crippen LogP contribution in [0.25, 0.3) is 0 Å². The Balaban J connectivity index is 2.08. The largest absolute Gasteiger partial charge is 0.507 e. The number of rotatable bonds is 3. The molecule has 6 heteroatoms. The second kappa shape index (κ2) is 5.10. The number of hydrogen-bond donors (Lipinski definition) is 3. The first kappa shape index (κ1) is 12.4. The molecule has 2 rings (SSSR count). The second-order valence-corrected chi connectivity index (χ2v) is 4.30. The molecule has 2 aromatic rings. The lowest BCUT2D eigenvalue weighted by Gasteiger charge is -2.06. The quantitative estimate of drug-likeness (QED) is 0.794. The highest BCUT2D eigenvalue weighted by atomic mass is 35.5. The zero-order valence-corrected chi connectivity index (χ0v) is 10.5. The van der Waals surface area contributed by atoms with E-state index in [0.717, 1.165) is 11.3 Å². The maximum atomic E-state index is 11.9. The number of benzene rings is 1. The first-order chi connectivity index (χ1) is 8.58. The lowest BCUT2D eigenvalue weighted by Crippen LogP contribution is -2.23. The molecule has 0 aliphatic heterocycles. The minimum atomic E-state index is -0.379. The molecule has 0 radical (unpaired) electrons. The van der Waals surface area contributed by atoms with Gasteiger partial charge in [0.05, 0.1) is 11.8 Å². The standard InChI is InChI=1S/C12H12ClN3O2/c1-7-8(6-15-16-7)5-14-12(18)10-4-9(13)2-3-11(10)17/h2-4,6,17H,5H2,1H3,(H,14,18)(H,15,16). The van der Waals surface area contributed by atoms with Gasteiger partial charge in [-0.1, -0.05) is 11.6 Å². The number of hydrogen-bond acceptors (Lipinski definition) is 3. The number of halogens is 1. The highest BCUT2D eigenvalue weighted by Gasteiger charge is 2.12. The topological polar surface area (TPSA) is 78.0 Å². The van der Waals surface area contributed by atoms with Crippen LogP contribution in [0.1, 0.15) is 21.6 Å². The fourth-order valence-electron chi connectivity index (χ4n) is 1.51. The van der Waals surface area contributed by atoms with Gasteiger partial charge in [0.2, 0.25) is 0 Å². The van der Waals surface area contributed by atoms with E-state index >= 15 is 0 Å². The predicted molar refractivity (Wildman–Crippen MR) is 67.6 cm³/mol. The van der Waals surface area contributed by atoms with Crippen molar-refractivity contribution in [2.75, 3.05) is 0 Å². The van der Waals surface area contributed by atoms with Gasteiger partial charge in [0, 0.05) is 22.8 Å². The maximum Gasteiger partial charge on any atom is 0.255 e.